The summed E-state index contributed by atoms with van der Waals surface area (Å²) in [7, 11) is 1.87. The van der Waals surface area contributed by atoms with Crippen LogP contribution in [0.5, 0.6) is 5.75 Å². The minimum atomic E-state index is -0.786. The lowest BCUT2D eigenvalue weighted by molar-refractivity contribution is -0.129. The van der Waals surface area contributed by atoms with Crippen LogP contribution in [0.25, 0.3) is 38.3 Å². The van der Waals surface area contributed by atoms with Gasteiger partial charge in [0.15, 0.2) is 0 Å². The van der Waals surface area contributed by atoms with Gasteiger partial charge in [-0.2, -0.15) is 10.2 Å². The van der Waals surface area contributed by atoms with E-state index >= 15 is 0 Å². The quantitative estimate of drug-likeness (QED) is 0.0987. The molecule has 0 spiro atoms. The summed E-state index contributed by atoms with van der Waals surface area (Å²) in [6.45, 7) is 6.93. The van der Waals surface area contributed by atoms with Gasteiger partial charge in [0.1, 0.15) is 23.9 Å². The number of ether oxygens (including phenoxy) is 2. The molecule has 1 aromatic carbocycles. The van der Waals surface area contributed by atoms with Crippen molar-refractivity contribution in [3.8, 4) is 17.0 Å². The maximum Gasteiger partial charge on any atom is 0.246 e. The number of amides is 1. The predicted molar refractivity (Wildman–Crippen MR) is 193 cm³/mol. The van der Waals surface area contributed by atoms with Gasteiger partial charge in [-0.25, -0.2) is 8.78 Å². The molecule has 4 aromatic heterocycles. The summed E-state index contributed by atoms with van der Waals surface area (Å²) in [4.78, 5) is 19.8. The van der Waals surface area contributed by atoms with Crippen LogP contribution in [0.15, 0.2) is 90.7 Å². The molecule has 262 valence electrons. The number of allylic oxidation sites excluding steroid dienone is 3. The Bertz CT molecular complexity index is 2260. The highest BCUT2D eigenvalue weighted by molar-refractivity contribution is 7.17. The Labute approximate surface area is 296 Å². The Balaban J connectivity index is 1.44. The lowest BCUT2D eigenvalue weighted by Crippen LogP contribution is -2.44. The molecule has 2 unspecified atom stereocenters. The number of rotatable bonds is 9. The molecule has 0 saturated carbocycles. The summed E-state index contributed by atoms with van der Waals surface area (Å²) >= 11 is 1.52. The molecule has 1 amide bonds. The Kier molecular flexibility index (Phi) is 9.65. The third kappa shape index (κ3) is 6.62. The molecule has 0 aliphatic carbocycles. The first-order chi connectivity index (χ1) is 24.8. The van der Waals surface area contributed by atoms with Crippen molar-refractivity contribution in [3.63, 3.8) is 0 Å². The lowest BCUT2D eigenvalue weighted by Gasteiger charge is -2.33. The number of hydrogen-bond acceptors (Lipinski definition) is 8. The van der Waals surface area contributed by atoms with Crippen LogP contribution in [-0.4, -0.2) is 66.3 Å². The van der Waals surface area contributed by atoms with E-state index < -0.39 is 5.83 Å². The number of aliphatic hydroxyl groups is 1. The van der Waals surface area contributed by atoms with Gasteiger partial charge in [-0.15, -0.1) is 11.3 Å². The fourth-order valence-electron chi connectivity index (χ4n) is 6.69. The van der Waals surface area contributed by atoms with E-state index in [4.69, 9.17) is 19.6 Å². The third-order valence-electron chi connectivity index (χ3n) is 9.18. The van der Waals surface area contributed by atoms with Crippen molar-refractivity contribution >= 4 is 44.3 Å². The molecule has 0 bridgehead atoms. The van der Waals surface area contributed by atoms with Crippen LogP contribution < -0.4 is 4.74 Å². The monoisotopic (exact) mass is 710 g/mol. The standard InChI is InChI=1S/C38H36F2N6O4S/c1-4-35(48)45-22-26-17-32(43-46(26)21-23(45)2)28-8-13-49-27(16-25(40)7-10-39)18-31-36(28)42-37(29-9-14-51-38(29)31)30-15-24-20-41-44(3)33(24)19-34(30)50-12-6-5-11-47/h4-7,9-10,14-20,23,28,47H,1,8,11-13,21-22H2,2-3H3/b6-5+,10-7+,25-16+,27-18-. The smallest absolute Gasteiger partial charge is 0.246 e. The first kappa shape index (κ1) is 34.1. The second-order valence-electron chi connectivity index (χ2n) is 12.4. The summed E-state index contributed by atoms with van der Waals surface area (Å²) in [5.41, 5.74) is 5.47. The second-order valence-corrected chi connectivity index (χ2v) is 13.3. The maximum absolute atomic E-state index is 14.6. The molecule has 2 aliphatic heterocycles. The van der Waals surface area contributed by atoms with E-state index in [-0.39, 0.29) is 49.8 Å². The van der Waals surface area contributed by atoms with Crippen molar-refractivity contribution in [3.05, 3.63) is 113 Å². The van der Waals surface area contributed by atoms with E-state index in [0.29, 0.717) is 31.0 Å². The van der Waals surface area contributed by atoms with Gasteiger partial charge < -0.3 is 19.5 Å². The molecule has 6 heterocycles. The molecule has 1 N–H and O–H groups in total. The zero-order valence-electron chi connectivity index (χ0n) is 28.1. The molecule has 51 heavy (non-hydrogen) atoms. The van der Waals surface area contributed by atoms with Gasteiger partial charge in [0, 0.05) is 63.8 Å². The average molecular weight is 711 g/mol. The number of halogens is 2. The van der Waals surface area contributed by atoms with E-state index in [9.17, 15) is 18.7 Å². The number of aryl methyl sites for hydroxylation is 1. The first-order valence-corrected chi connectivity index (χ1v) is 17.4. The number of nitrogens with zero attached hydrogens (tertiary/aromatic N) is 6. The van der Waals surface area contributed by atoms with Gasteiger partial charge in [0.05, 0.1) is 67.1 Å². The van der Waals surface area contributed by atoms with Crippen LogP contribution in [0.4, 0.5) is 8.78 Å². The van der Waals surface area contributed by atoms with Crippen LogP contribution in [0.1, 0.15) is 41.9 Å². The fraction of sp³-hybridized carbons (Fsp3) is 0.263. The molecule has 5 aromatic rings. The maximum atomic E-state index is 14.6. The fourth-order valence-corrected chi connectivity index (χ4v) is 7.62. The van der Waals surface area contributed by atoms with Crippen LogP contribution in [0.2, 0.25) is 0 Å². The number of fused-ring (bicyclic) bond motifs is 5. The lowest BCUT2D eigenvalue weighted by atomic mass is 9.90. The van der Waals surface area contributed by atoms with Crippen molar-refractivity contribution in [1.82, 2.24) is 29.4 Å². The molecule has 2 atom stereocenters. The molecular weight excluding hydrogens is 675 g/mol. The Morgan fingerprint density at radius 2 is 2.14 bits per heavy atom. The van der Waals surface area contributed by atoms with E-state index in [1.165, 1.54) is 17.4 Å². The number of carbonyl (C=O) groups is 1. The number of thiophene rings is 1. The number of pyridine rings is 1. The number of aliphatic hydroxyl groups excluding tert-OH is 1. The second kappa shape index (κ2) is 14.4. The topological polar surface area (TPSA) is 108 Å². The summed E-state index contributed by atoms with van der Waals surface area (Å²) in [5, 5.41) is 22.5. The largest absolute Gasteiger partial charge is 0.493 e. The summed E-state index contributed by atoms with van der Waals surface area (Å²) in [6, 6.07) is 7.91. The molecule has 2 aliphatic rings. The van der Waals surface area contributed by atoms with Crippen molar-refractivity contribution < 1.29 is 28.2 Å². The van der Waals surface area contributed by atoms with E-state index in [2.05, 4.69) is 11.7 Å². The van der Waals surface area contributed by atoms with Crippen molar-refractivity contribution in [2.75, 3.05) is 19.8 Å². The number of benzene rings is 1. The minimum Gasteiger partial charge on any atom is -0.493 e. The van der Waals surface area contributed by atoms with E-state index in [1.54, 1.807) is 34.0 Å². The Hall–Kier alpha value is -5.40. The minimum absolute atomic E-state index is 0.0715. The molecule has 0 fully saturated rings. The Morgan fingerprint density at radius 1 is 1.27 bits per heavy atom. The summed E-state index contributed by atoms with van der Waals surface area (Å²) in [6.07, 6.45) is 10.8. The van der Waals surface area contributed by atoms with Crippen LogP contribution in [-0.2, 0) is 29.7 Å². The zero-order valence-corrected chi connectivity index (χ0v) is 28.9. The van der Waals surface area contributed by atoms with Gasteiger partial charge in [-0.05, 0) is 55.2 Å². The van der Waals surface area contributed by atoms with Crippen molar-refractivity contribution in [2.45, 2.75) is 38.4 Å². The first-order valence-electron chi connectivity index (χ1n) is 16.5. The van der Waals surface area contributed by atoms with Crippen molar-refractivity contribution in [1.29, 1.82) is 0 Å². The van der Waals surface area contributed by atoms with Gasteiger partial charge in [0.25, 0.3) is 0 Å². The Morgan fingerprint density at radius 3 is 2.94 bits per heavy atom. The highest BCUT2D eigenvalue weighted by Gasteiger charge is 2.32. The molecule has 0 saturated heterocycles. The molecule has 7 rings (SSSR count). The molecule has 13 heteroatoms. The number of aromatic nitrogens is 5. The SMILES string of the molecule is C=CC(=O)N1Cc2cc(C3CCOC(/C=C(F)\C=C\F)=C\c4c3nc(-c3cc5cnn(C)c5cc3OC/C=C/CO)c3ccsc43)nn2CC1C. The highest BCUT2D eigenvalue weighted by Crippen LogP contribution is 2.44. The summed E-state index contributed by atoms with van der Waals surface area (Å²) in [5.74, 6) is -0.424. The normalized spacial score (nSPS) is 19.1. The highest BCUT2D eigenvalue weighted by atomic mass is 32.1. The molecule has 0 radical (unpaired) electrons. The average Bonchev–Trinajstić information content (AvgIpc) is 3.85. The predicted octanol–water partition coefficient (Wildman–Crippen LogP) is 7.12. The molecular formula is C38H36F2N6O4S. The number of carbonyl (C=O) groups excluding carboxylic acids is 1. The van der Waals surface area contributed by atoms with Gasteiger partial charge >= 0.3 is 0 Å². The van der Waals surface area contributed by atoms with Gasteiger partial charge in [-0.3, -0.25) is 19.1 Å². The van der Waals surface area contributed by atoms with Crippen molar-refractivity contribution in [2.24, 2.45) is 7.05 Å². The van der Waals surface area contributed by atoms with E-state index in [0.717, 1.165) is 61.3 Å². The van der Waals surface area contributed by atoms with E-state index in [1.807, 2.05) is 48.3 Å². The van der Waals surface area contributed by atoms with Crippen LogP contribution in [0.3, 0.4) is 0 Å². The van der Waals surface area contributed by atoms with Crippen LogP contribution >= 0.6 is 11.3 Å². The van der Waals surface area contributed by atoms with Gasteiger partial charge in [-0.1, -0.05) is 12.7 Å². The molecule has 10 nitrogen and oxygen atoms in total. The number of hydrogen-bond donors (Lipinski definition) is 1. The van der Waals surface area contributed by atoms with Crippen LogP contribution in [0, 0.1) is 0 Å². The third-order valence-corrected chi connectivity index (χ3v) is 10.1. The summed E-state index contributed by atoms with van der Waals surface area (Å²) < 4.78 is 44.4. The van der Waals surface area contributed by atoms with Gasteiger partial charge in [0.2, 0.25) is 5.91 Å². The zero-order chi connectivity index (χ0) is 35.6.